The number of nitrogens with zero attached hydrogens (tertiary/aromatic N) is 3. The van der Waals surface area contributed by atoms with Gasteiger partial charge in [0.15, 0.2) is 0 Å². The highest BCUT2D eigenvalue weighted by Gasteiger charge is 2.39. The molecule has 0 spiro atoms. The Balaban J connectivity index is 0.957. The highest BCUT2D eigenvalue weighted by molar-refractivity contribution is 5.87. The van der Waals surface area contributed by atoms with Crippen LogP contribution in [0.5, 0.6) is 0 Å². The summed E-state index contributed by atoms with van der Waals surface area (Å²) in [6.45, 7) is 8.10. The van der Waals surface area contributed by atoms with Crippen molar-refractivity contribution >= 4 is 35.0 Å². The molecule has 5 aromatic rings. The van der Waals surface area contributed by atoms with Crippen LogP contribution in [0.2, 0.25) is 0 Å². The fraction of sp³-hybridized carbons (Fsp3) is 0.435. The number of hydrogen-bond donors (Lipinski definition) is 6. The van der Waals surface area contributed by atoms with Crippen LogP contribution in [0.1, 0.15) is 94.7 Å². The molecule has 3 aromatic carbocycles. The van der Waals surface area contributed by atoms with Crippen molar-refractivity contribution in [2.75, 3.05) is 13.7 Å². The third-order valence-electron chi connectivity index (χ3n) is 12.5. The van der Waals surface area contributed by atoms with Gasteiger partial charge in [0.05, 0.1) is 35.6 Å². The Bertz CT molecular complexity index is 2420. The highest BCUT2D eigenvalue weighted by atomic mass is 16.5. The number of aromatic nitrogens is 4. The number of methoxy groups -OCH3 is 1. The molecule has 0 unspecified atom stereocenters. The summed E-state index contributed by atoms with van der Waals surface area (Å²) in [5.74, 6) is 0.926. The van der Waals surface area contributed by atoms with E-state index < -0.39 is 24.3 Å². The number of amides is 4. The van der Waals surface area contributed by atoms with Crippen molar-refractivity contribution in [3.05, 3.63) is 83.6 Å². The number of carbonyl (C=O) groups excluding carboxylic acids is 3. The lowest BCUT2D eigenvalue weighted by Gasteiger charge is -2.30. The van der Waals surface area contributed by atoms with Crippen LogP contribution in [0.3, 0.4) is 0 Å². The van der Waals surface area contributed by atoms with Gasteiger partial charge in [-0.05, 0) is 90.3 Å². The first-order valence-electron chi connectivity index (χ1n) is 21.2. The Kier molecular flexibility index (Phi) is 11.4. The van der Waals surface area contributed by atoms with Gasteiger partial charge in [0.2, 0.25) is 11.8 Å². The molecular weight excluding hydrogens is 761 g/mol. The molecule has 14 nitrogen and oxygen atoms in total. The molecule has 14 heteroatoms. The maximum Gasteiger partial charge on any atom is 0.407 e. The number of hydrogen-bond acceptors (Lipinski definition) is 7. The minimum absolute atomic E-state index is 0.00873. The minimum atomic E-state index is -1.21. The van der Waals surface area contributed by atoms with Crippen LogP contribution >= 0.6 is 0 Å². The number of aryl methyl sites for hydroxylation is 2. The lowest BCUT2D eigenvalue weighted by Crippen LogP contribution is -2.52. The van der Waals surface area contributed by atoms with E-state index in [0.717, 1.165) is 107 Å². The summed E-state index contributed by atoms with van der Waals surface area (Å²) in [4.78, 5) is 69.1. The molecule has 3 aliphatic rings. The third kappa shape index (κ3) is 8.06. The van der Waals surface area contributed by atoms with Crippen molar-refractivity contribution in [2.45, 2.75) is 103 Å². The van der Waals surface area contributed by atoms with Crippen LogP contribution in [-0.2, 0) is 27.2 Å². The molecule has 314 valence electrons. The molecule has 1 saturated carbocycles. The maximum absolute atomic E-state index is 13.7. The topological polar surface area (TPSA) is 194 Å². The van der Waals surface area contributed by atoms with Gasteiger partial charge in [-0.25, -0.2) is 19.6 Å². The lowest BCUT2D eigenvalue weighted by atomic mass is 9.89. The molecule has 2 aliphatic carbocycles. The second kappa shape index (κ2) is 16.8. The summed E-state index contributed by atoms with van der Waals surface area (Å²) in [7, 11) is 1.30. The number of benzene rings is 3. The molecule has 60 heavy (non-hydrogen) atoms. The van der Waals surface area contributed by atoms with Crippen molar-refractivity contribution < 1.29 is 29.0 Å². The normalized spacial score (nSPS) is 19.5. The molecule has 4 amide bonds. The van der Waals surface area contributed by atoms with E-state index >= 15 is 0 Å². The predicted octanol–water partition coefficient (Wildman–Crippen LogP) is 7.47. The van der Waals surface area contributed by atoms with Crippen molar-refractivity contribution in [2.24, 2.45) is 11.8 Å². The second-order valence-electron chi connectivity index (χ2n) is 17.1. The number of carbonyl (C=O) groups is 4. The summed E-state index contributed by atoms with van der Waals surface area (Å²) in [5, 5.41) is 17.4. The largest absolute Gasteiger partial charge is 0.465 e. The number of aromatic amines is 2. The number of likely N-dealkylation sites (tertiary alicyclic amines) is 1. The van der Waals surface area contributed by atoms with Crippen LogP contribution in [0, 0.1) is 11.8 Å². The van der Waals surface area contributed by atoms with E-state index in [-0.39, 0.29) is 41.7 Å². The van der Waals surface area contributed by atoms with E-state index in [4.69, 9.17) is 14.7 Å². The lowest BCUT2D eigenvalue weighted by molar-refractivity contribution is -0.135. The zero-order valence-electron chi connectivity index (χ0n) is 34.8. The minimum Gasteiger partial charge on any atom is -0.465 e. The summed E-state index contributed by atoms with van der Waals surface area (Å²) in [5.41, 5.74) is 10.6. The average Bonchev–Trinajstić information content (AvgIpc) is 4.07. The summed E-state index contributed by atoms with van der Waals surface area (Å²) in [6, 6.07) is 19.6. The molecule has 1 saturated heterocycles. The Labute approximate surface area is 349 Å². The van der Waals surface area contributed by atoms with E-state index in [1.54, 1.807) is 0 Å². The zero-order chi connectivity index (χ0) is 42.2. The summed E-state index contributed by atoms with van der Waals surface area (Å²) >= 11 is 0. The first-order chi connectivity index (χ1) is 28.9. The number of H-pyrrole nitrogens is 2. The van der Waals surface area contributed by atoms with E-state index in [1.807, 2.05) is 38.7 Å². The molecule has 2 aromatic heterocycles. The SMILES string of the molecule is COC(=O)N[C@H](C(=O)N1CCC[C@H]1c1nc2c([nH]1)-c1ccc(-c3ccc(-c4ccc5nc([C@H]6CCC[C@@H]6NC(=O)[C@@H](NC(=O)O)C(C)C)[nH]c5c4)cc3)cc1CC2)C(C)C. The Morgan fingerprint density at radius 3 is 2.18 bits per heavy atom. The fourth-order valence-electron chi connectivity index (χ4n) is 9.30. The quantitative estimate of drug-likeness (QED) is 0.0790. The number of rotatable bonds is 11. The molecule has 3 heterocycles. The van der Waals surface area contributed by atoms with Crippen molar-refractivity contribution in [1.82, 2.24) is 40.8 Å². The van der Waals surface area contributed by atoms with Gasteiger partial charge in [0.1, 0.15) is 23.7 Å². The van der Waals surface area contributed by atoms with Gasteiger partial charge in [-0.3, -0.25) is 9.59 Å². The van der Waals surface area contributed by atoms with Crippen LogP contribution in [0.25, 0.3) is 44.5 Å². The van der Waals surface area contributed by atoms with Gasteiger partial charge < -0.3 is 40.7 Å². The number of imidazole rings is 2. The highest BCUT2D eigenvalue weighted by Crippen LogP contribution is 2.39. The Hall–Kier alpha value is -6.18. The number of alkyl carbamates (subject to hydrolysis) is 1. The van der Waals surface area contributed by atoms with E-state index in [0.29, 0.717) is 6.54 Å². The molecule has 5 atom stereocenters. The van der Waals surface area contributed by atoms with Gasteiger partial charge in [-0.15, -0.1) is 0 Å². The van der Waals surface area contributed by atoms with Gasteiger partial charge in [0, 0.05) is 24.1 Å². The maximum atomic E-state index is 13.7. The first-order valence-corrected chi connectivity index (χ1v) is 21.2. The summed E-state index contributed by atoms with van der Waals surface area (Å²) in [6.07, 6.45) is 4.14. The Morgan fingerprint density at radius 2 is 1.48 bits per heavy atom. The van der Waals surface area contributed by atoms with Gasteiger partial charge in [-0.1, -0.05) is 82.6 Å². The van der Waals surface area contributed by atoms with Gasteiger partial charge >= 0.3 is 12.2 Å². The monoisotopic (exact) mass is 814 g/mol. The van der Waals surface area contributed by atoms with Crippen molar-refractivity contribution in [3.8, 4) is 33.5 Å². The molecule has 0 bridgehead atoms. The second-order valence-corrected chi connectivity index (χ2v) is 17.1. The number of fused-ring (bicyclic) bond motifs is 4. The standard InChI is InChI=1S/C46H54N8O6/c1-24(2)38(52-45(57)58)43(55)50-33-9-6-8-32(33)41-47-34-19-16-29(23-36(34)49-41)27-13-11-26(12-14-27)28-15-18-31-30(22-28)17-20-35-40(31)51-42(48-35)37-10-7-21-54(37)44(56)39(25(3)4)53-46(59)60-5/h11-16,18-19,22-25,32-33,37-39,52H,6-10,17,20-21H2,1-5H3,(H,47,49)(H,48,51)(H,50,55)(H,53,59)(H,57,58)/t32-,33-,37-,38-,39-/m0/s1. The van der Waals surface area contributed by atoms with E-state index in [9.17, 15) is 24.3 Å². The van der Waals surface area contributed by atoms with Crippen molar-refractivity contribution in [1.29, 1.82) is 0 Å². The zero-order valence-corrected chi connectivity index (χ0v) is 34.8. The van der Waals surface area contributed by atoms with E-state index in [1.165, 1.54) is 12.7 Å². The number of carboxylic acid groups (broad SMARTS) is 1. The van der Waals surface area contributed by atoms with E-state index in [2.05, 4.69) is 80.5 Å². The van der Waals surface area contributed by atoms with Crippen LogP contribution in [0.4, 0.5) is 9.59 Å². The van der Waals surface area contributed by atoms with Crippen LogP contribution in [-0.4, -0.2) is 85.7 Å². The molecular formula is C46H54N8O6. The predicted molar refractivity (Wildman–Crippen MR) is 228 cm³/mol. The third-order valence-corrected chi connectivity index (χ3v) is 12.5. The first kappa shape index (κ1) is 40.6. The van der Waals surface area contributed by atoms with Crippen LogP contribution < -0.4 is 16.0 Å². The molecule has 8 rings (SSSR count). The smallest absolute Gasteiger partial charge is 0.407 e. The van der Waals surface area contributed by atoms with Gasteiger partial charge in [-0.2, -0.15) is 0 Å². The van der Waals surface area contributed by atoms with Crippen LogP contribution in [0.15, 0.2) is 60.7 Å². The molecule has 1 aliphatic heterocycles. The molecule has 6 N–H and O–H groups in total. The van der Waals surface area contributed by atoms with Gasteiger partial charge in [0.25, 0.3) is 0 Å². The average molecular weight is 815 g/mol. The number of nitrogens with one attached hydrogen (secondary N) is 5. The fourth-order valence-corrected chi connectivity index (χ4v) is 9.30. The number of ether oxygens (including phenoxy) is 1. The summed E-state index contributed by atoms with van der Waals surface area (Å²) < 4.78 is 4.79. The Morgan fingerprint density at radius 1 is 0.783 bits per heavy atom. The van der Waals surface area contributed by atoms with Crippen molar-refractivity contribution in [3.63, 3.8) is 0 Å². The molecule has 2 fully saturated rings. The molecule has 0 radical (unpaired) electrons.